The molecule has 0 amide bonds. The van der Waals surface area contributed by atoms with Gasteiger partial charge in [-0.3, -0.25) is 30.0 Å². The summed E-state index contributed by atoms with van der Waals surface area (Å²) >= 11 is 0. The van der Waals surface area contributed by atoms with Gasteiger partial charge in [0, 0.05) is 23.8 Å². The van der Waals surface area contributed by atoms with E-state index in [2.05, 4.69) is 10.6 Å². The molecule has 1 aromatic carbocycles. The largest absolute Gasteiger partial charge is 0.368 e. The zero-order valence-electron chi connectivity index (χ0n) is 15.6. The zero-order valence-corrected chi connectivity index (χ0v) is 15.6. The van der Waals surface area contributed by atoms with Crippen molar-refractivity contribution >= 4 is 23.1 Å². The van der Waals surface area contributed by atoms with E-state index in [1.54, 1.807) is 54.6 Å². The van der Waals surface area contributed by atoms with Crippen LogP contribution in [0.3, 0.4) is 0 Å². The van der Waals surface area contributed by atoms with Crippen molar-refractivity contribution in [1.82, 2.24) is 5.48 Å². The Morgan fingerprint density at radius 1 is 1.00 bits per heavy atom. The lowest BCUT2D eigenvalue weighted by Crippen LogP contribution is -2.71. The molecule has 1 aliphatic carbocycles. The monoisotopic (exact) mass is 418 g/mol. The summed E-state index contributed by atoms with van der Waals surface area (Å²) in [5.74, 6) is -0.656. The van der Waals surface area contributed by atoms with Gasteiger partial charge in [-0.15, -0.1) is 0 Å². The van der Waals surface area contributed by atoms with Crippen LogP contribution in [0.1, 0.15) is 11.3 Å². The predicted molar refractivity (Wildman–Crippen MR) is 105 cm³/mol. The van der Waals surface area contributed by atoms with Crippen molar-refractivity contribution in [1.29, 1.82) is 0 Å². The maximum absolute atomic E-state index is 14.0. The van der Waals surface area contributed by atoms with E-state index in [4.69, 9.17) is 4.94 Å². The number of Topliss-reactive ketones (excluding diaryl/α,β-unsaturated/α-hetero) is 1. The molecule has 11 nitrogen and oxygen atoms in total. The number of hydroxylamine groups is 1. The average molecular weight is 418 g/mol. The molecule has 3 aliphatic rings. The summed E-state index contributed by atoms with van der Waals surface area (Å²) in [6, 6.07) is 13.7. The fourth-order valence-electron chi connectivity index (χ4n) is 4.08. The van der Waals surface area contributed by atoms with Gasteiger partial charge in [-0.25, -0.2) is 0 Å². The molecule has 0 saturated carbocycles. The topological polar surface area (TPSA) is 141 Å². The summed E-state index contributed by atoms with van der Waals surface area (Å²) in [5, 5.41) is 27.6. The molecule has 1 aromatic heterocycles. The van der Waals surface area contributed by atoms with E-state index in [9.17, 15) is 25.0 Å². The minimum atomic E-state index is -2.10. The number of ketones is 1. The first kappa shape index (κ1) is 18.4. The van der Waals surface area contributed by atoms with Crippen LogP contribution in [0.15, 0.2) is 83.1 Å². The number of benzene rings is 1. The first-order valence-electron chi connectivity index (χ1n) is 9.05. The van der Waals surface area contributed by atoms with Gasteiger partial charge in [0.1, 0.15) is 6.08 Å². The van der Waals surface area contributed by atoms with Crippen LogP contribution in [0.25, 0.3) is 11.6 Å². The van der Waals surface area contributed by atoms with Gasteiger partial charge in [-0.2, -0.15) is 10.0 Å². The Morgan fingerprint density at radius 2 is 1.74 bits per heavy atom. The van der Waals surface area contributed by atoms with Crippen LogP contribution in [0.4, 0.5) is 0 Å². The van der Waals surface area contributed by atoms with Gasteiger partial charge in [-0.1, -0.05) is 30.3 Å². The smallest absolute Gasteiger partial charge is 0.285 e. The zero-order chi connectivity index (χ0) is 21.8. The molecule has 2 aliphatic heterocycles. The van der Waals surface area contributed by atoms with Crippen LogP contribution >= 0.6 is 0 Å². The SMILES string of the molecule is O=C1C(c2ccccc2)=Cc2cccc[n+]2C12C([N+](=O)[O-])=CC([N+](=O)[O-])=C1NON=C12. The van der Waals surface area contributed by atoms with Gasteiger partial charge in [0.05, 0.1) is 9.85 Å². The molecule has 1 spiro atoms. The molecule has 0 radical (unpaired) electrons. The van der Waals surface area contributed by atoms with E-state index in [-0.39, 0.29) is 17.0 Å². The van der Waals surface area contributed by atoms with Crippen LogP contribution in [-0.2, 0) is 15.3 Å². The maximum atomic E-state index is 14.0. The summed E-state index contributed by atoms with van der Waals surface area (Å²) in [4.78, 5) is 41.0. The number of nitro groups is 2. The second-order valence-corrected chi connectivity index (χ2v) is 6.90. The molecule has 1 atom stereocenters. The third-order valence-corrected chi connectivity index (χ3v) is 5.36. The highest BCUT2D eigenvalue weighted by molar-refractivity contribution is 6.37. The van der Waals surface area contributed by atoms with Crippen molar-refractivity contribution < 1.29 is 24.1 Å². The standard InChI is InChI=1S/C20H12N5O6/c26-19-14(12-6-2-1-3-7-12)10-13-8-4-5-9-23(13)20(19)16(25(29)30)11-15(24(27)28)17-18(20)22-31-21-17/h1-11,21H/q+1. The molecular formula is C20H12N5O6+. The average Bonchev–Trinajstić information content (AvgIpc) is 3.26. The van der Waals surface area contributed by atoms with Gasteiger partial charge in [0.2, 0.25) is 11.4 Å². The van der Waals surface area contributed by atoms with Gasteiger partial charge >= 0.3 is 16.9 Å². The van der Waals surface area contributed by atoms with Crippen LogP contribution in [0, 0.1) is 20.2 Å². The first-order valence-corrected chi connectivity index (χ1v) is 9.05. The molecule has 31 heavy (non-hydrogen) atoms. The van der Waals surface area contributed by atoms with Gasteiger partial charge in [0.15, 0.2) is 11.9 Å². The lowest BCUT2D eigenvalue weighted by molar-refractivity contribution is -0.739. The number of hydrogen-bond donors (Lipinski definition) is 1. The number of hydrogen-bond acceptors (Lipinski definition) is 8. The van der Waals surface area contributed by atoms with Crippen molar-refractivity contribution in [2.24, 2.45) is 5.16 Å². The molecule has 0 saturated heterocycles. The number of oxime groups is 1. The summed E-state index contributed by atoms with van der Waals surface area (Å²) < 4.78 is 1.39. The number of rotatable bonds is 3. The minimum absolute atomic E-state index is 0.207. The fraction of sp³-hybridized carbons (Fsp3) is 0.0500. The predicted octanol–water partition coefficient (Wildman–Crippen LogP) is 1.35. The summed E-state index contributed by atoms with van der Waals surface area (Å²) in [6.07, 6.45) is 3.90. The molecule has 3 heterocycles. The van der Waals surface area contributed by atoms with Crippen molar-refractivity contribution in [2.45, 2.75) is 5.54 Å². The second kappa shape index (κ2) is 6.42. The third kappa shape index (κ3) is 2.37. The Bertz CT molecular complexity index is 1310. The third-order valence-electron chi connectivity index (χ3n) is 5.36. The van der Waals surface area contributed by atoms with Crippen molar-refractivity contribution in [3.05, 3.63) is 109 Å². The molecule has 152 valence electrons. The Balaban J connectivity index is 1.89. The second-order valence-electron chi connectivity index (χ2n) is 6.90. The molecule has 1 unspecified atom stereocenters. The molecule has 2 aromatic rings. The van der Waals surface area contributed by atoms with E-state index in [0.29, 0.717) is 11.3 Å². The van der Waals surface area contributed by atoms with E-state index in [0.717, 1.165) is 6.08 Å². The molecular weight excluding hydrogens is 406 g/mol. The van der Waals surface area contributed by atoms with Crippen LogP contribution in [0.5, 0.6) is 0 Å². The number of pyridine rings is 1. The van der Waals surface area contributed by atoms with E-state index < -0.39 is 32.6 Å². The highest BCUT2D eigenvalue weighted by atomic mass is 16.8. The fourth-order valence-corrected chi connectivity index (χ4v) is 4.08. The Hall–Kier alpha value is -4.67. The van der Waals surface area contributed by atoms with Crippen LogP contribution in [-0.4, -0.2) is 21.3 Å². The van der Waals surface area contributed by atoms with Gasteiger partial charge < -0.3 is 0 Å². The number of nitrogens with zero attached hydrogens (tertiary/aromatic N) is 4. The maximum Gasteiger partial charge on any atom is 0.368 e. The number of fused-ring (bicyclic) bond motifs is 4. The number of aromatic nitrogens is 1. The molecule has 0 fully saturated rings. The summed E-state index contributed by atoms with van der Waals surface area (Å²) in [6.45, 7) is 0. The number of carbonyl (C=O) groups is 1. The number of allylic oxidation sites excluding steroid dienone is 4. The number of nitrogens with one attached hydrogen (secondary N) is 1. The van der Waals surface area contributed by atoms with Gasteiger partial charge in [0.25, 0.3) is 5.78 Å². The van der Waals surface area contributed by atoms with Crippen LogP contribution < -0.4 is 10.0 Å². The summed E-state index contributed by atoms with van der Waals surface area (Å²) in [7, 11) is 0. The van der Waals surface area contributed by atoms with E-state index >= 15 is 0 Å². The highest BCUT2D eigenvalue weighted by Gasteiger charge is 2.71. The van der Waals surface area contributed by atoms with Crippen molar-refractivity contribution in [3.63, 3.8) is 0 Å². The van der Waals surface area contributed by atoms with E-state index in [1.165, 1.54) is 10.8 Å². The van der Waals surface area contributed by atoms with E-state index in [1.807, 2.05) is 0 Å². The minimum Gasteiger partial charge on any atom is -0.285 e. The lowest BCUT2D eigenvalue weighted by atomic mass is 9.73. The summed E-state index contributed by atoms with van der Waals surface area (Å²) in [5.41, 5.74) is -0.332. The van der Waals surface area contributed by atoms with Crippen molar-refractivity contribution in [3.8, 4) is 0 Å². The highest BCUT2D eigenvalue weighted by Crippen LogP contribution is 2.41. The molecule has 1 N–H and O–H groups in total. The van der Waals surface area contributed by atoms with Crippen molar-refractivity contribution in [2.75, 3.05) is 0 Å². The molecule has 0 bridgehead atoms. The normalized spacial score (nSPS) is 21.3. The van der Waals surface area contributed by atoms with Gasteiger partial charge in [-0.05, 0) is 16.8 Å². The van der Waals surface area contributed by atoms with Crippen LogP contribution in [0.2, 0.25) is 0 Å². The quantitative estimate of drug-likeness (QED) is 0.450. The Morgan fingerprint density at radius 3 is 2.45 bits per heavy atom. The molecule has 5 rings (SSSR count). The lowest BCUT2D eigenvalue weighted by Gasteiger charge is -2.29. The molecule has 11 heteroatoms. The Labute approximate surface area is 173 Å². The Kier molecular flexibility index (Phi) is 3.80. The first-order chi connectivity index (χ1) is 15.0. The number of carbonyl (C=O) groups excluding carboxylic acids is 1.